The van der Waals surface area contributed by atoms with Crippen molar-refractivity contribution in [3.8, 4) is 0 Å². The van der Waals surface area contributed by atoms with Crippen LogP contribution in [0.1, 0.15) is 32.1 Å². The lowest BCUT2D eigenvalue weighted by molar-refractivity contribution is 0.0527. The van der Waals surface area contributed by atoms with E-state index in [1.54, 1.807) is 18.4 Å². The molecule has 8 heteroatoms. The van der Waals surface area contributed by atoms with Crippen molar-refractivity contribution in [1.82, 2.24) is 16.0 Å². The number of amides is 1. The summed E-state index contributed by atoms with van der Waals surface area (Å²) in [6, 6.07) is 2.08. The van der Waals surface area contributed by atoms with Crippen molar-refractivity contribution in [1.29, 1.82) is 0 Å². The van der Waals surface area contributed by atoms with Gasteiger partial charge in [0, 0.05) is 34.9 Å². The van der Waals surface area contributed by atoms with Crippen molar-refractivity contribution in [3.05, 3.63) is 20.8 Å². The van der Waals surface area contributed by atoms with E-state index in [0.29, 0.717) is 13.1 Å². The zero-order chi connectivity index (χ0) is 17.3. The molecule has 0 aliphatic heterocycles. The second kappa shape index (κ2) is 9.77. The second-order valence-corrected chi connectivity index (χ2v) is 7.78. The van der Waals surface area contributed by atoms with Gasteiger partial charge >= 0.3 is 6.09 Å². The van der Waals surface area contributed by atoms with Crippen molar-refractivity contribution < 1.29 is 9.53 Å². The fraction of sp³-hybridized carbons (Fsp3) is 0.600. The minimum atomic E-state index is -0.467. The molecular formula is C15H25BrN4O2S. The summed E-state index contributed by atoms with van der Waals surface area (Å²) in [5, 5.41) is 11.2. The highest BCUT2D eigenvalue weighted by Gasteiger charge is 2.15. The third-order valence-corrected chi connectivity index (χ3v) is 4.29. The molecule has 0 bridgehead atoms. The molecular weight excluding hydrogens is 380 g/mol. The lowest BCUT2D eigenvalue weighted by atomic mass is 10.2. The summed E-state index contributed by atoms with van der Waals surface area (Å²) in [6.07, 6.45) is 0.396. The van der Waals surface area contributed by atoms with E-state index in [1.807, 2.05) is 20.8 Å². The Morgan fingerprint density at radius 1 is 1.30 bits per heavy atom. The van der Waals surface area contributed by atoms with Crippen LogP contribution in [-0.2, 0) is 11.3 Å². The number of nitrogens with one attached hydrogen (secondary N) is 3. The largest absolute Gasteiger partial charge is 0.444 e. The van der Waals surface area contributed by atoms with Gasteiger partial charge in [-0.05, 0) is 49.2 Å². The van der Waals surface area contributed by atoms with Gasteiger partial charge in [0.05, 0.1) is 6.54 Å². The molecule has 6 nitrogen and oxygen atoms in total. The van der Waals surface area contributed by atoms with E-state index in [-0.39, 0.29) is 6.09 Å². The SMILES string of the molecule is CN=C(NCCCNC(=O)OC(C)(C)C)NCc1cc(Br)cs1. The van der Waals surface area contributed by atoms with Gasteiger partial charge in [0.2, 0.25) is 0 Å². The van der Waals surface area contributed by atoms with Gasteiger partial charge in [-0.2, -0.15) is 0 Å². The maximum absolute atomic E-state index is 11.5. The highest BCUT2D eigenvalue weighted by molar-refractivity contribution is 9.10. The van der Waals surface area contributed by atoms with Crippen LogP contribution in [0, 0.1) is 0 Å². The summed E-state index contributed by atoms with van der Waals surface area (Å²) in [4.78, 5) is 16.9. The molecule has 0 unspecified atom stereocenters. The number of carbonyl (C=O) groups is 1. The monoisotopic (exact) mass is 404 g/mol. The van der Waals surface area contributed by atoms with Gasteiger partial charge in [-0.15, -0.1) is 11.3 Å². The summed E-state index contributed by atoms with van der Waals surface area (Å²) in [5.74, 6) is 0.742. The first-order valence-electron chi connectivity index (χ1n) is 7.44. The van der Waals surface area contributed by atoms with Crippen LogP contribution in [0.5, 0.6) is 0 Å². The highest BCUT2D eigenvalue weighted by atomic mass is 79.9. The molecule has 130 valence electrons. The molecule has 0 spiro atoms. The van der Waals surface area contributed by atoms with Crippen molar-refractivity contribution in [2.24, 2.45) is 4.99 Å². The smallest absolute Gasteiger partial charge is 0.407 e. The predicted molar refractivity (Wildman–Crippen MR) is 99.1 cm³/mol. The molecule has 0 fully saturated rings. The number of halogens is 1. The fourth-order valence-corrected chi connectivity index (χ4v) is 3.03. The van der Waals surface area contributed by atoms with E-state index in [0.717, 1.165) is 23.4 Å². The van der Waals surface area contributed by atoms with E-state index in [1.165, 1.54) is 4.88 Å². The molecule has 0 aliphatic rings. The van der Waals surface area contributed by atoms with E-state index < -0.39 is 5.60 Å². The number of alkyl carbamates (subject to hydrolysis) is 1. The summed E-state index contributed by atoms with van der Waals surface area (Å²) < 4.78 is 6.26. The van der Waals surface area contributed by atoms with Crippen LogP contribution in [0.15, 0.2) is 20.9 Å². The quantitative estimate of drug-likeness (QED) is 0.386. The first-order chi connectivity index (χ1) is 10.8. The molecule has 0 saturated carbocycles. The molecule has 0 aromatic carbocycles. The Morgan fingerprint density at radius 2 is 2.00 bits per heavy atom. The van der Waals surface area contributed by atoms with Crippen LogP contribution in [0.3, 0.4) is 0 Å². The lowest BCUT2D eigenvalue weighted by Crippen LogP contribution is -2.38. The average molecular weight is 405 g/mol. The summed E-state index contributed by atoms with van der Waals surface area (Å²) >= 11 is 5.13. The number of hydrogen-bond donors (Lipinski definition) is 3. The number of aliphatic imine (C=N–C) groups is 1. The molecule has 1 aromatic heterocycles. The van der Waals surface area contributed by atoms with Gasteiger partial charge in [0.25, 0.3) is 0 Å². The van der Waals surface area contributed by atoms with E-state index in [4.69, 9.17) is 4.74 Å². The third kappa shape index (κ3) is 9.45. The van der Waals surface area contributed by atoms with Crippen LogP contribution < -0.4 is 16.0 Å². The summed E-state index contributed by atoms with van der Waals surface area (Å²) in [7, 11) is 1.73. The standard InChI is InChI=1S/C15H25BrN4O2S/c1-15(2,3)22-14(21)19-7-5-6-18-13(17-4)20-9-12-8-11(16)10-23-12/h8,10H,5-7,9H2,1-4H3,(H,19,21)(H2,17,18,20). The van der Waals surface area contributed by atoms with Crippen molar-refractivity contribution in [2.75, 3.05) is 20.1 Å². The van der Waals surface area contributed by atoms with Crippen LogP contribution in [0.2, 0.25) is 0 Å². The molecule has 0 aliphatic carbocycles. The Balaban J connectivity index is 2.14. The first kappa shape index (κ1) is 19.8. The van der Waals surface area contributed by atoms with E-state index in [9.17, 15) is 4.79 Å². The number of nitrogens with zero attached hydrogens (tertiary/aromatic N) is 1. The molecule has 23 heavy (non-hydrogen) atoms. The molecule has 1 aromatic rings. The number of thiophene rings is 1. The molecule has 0 radical (unpaired) electrons. The Kier molecular flexibility index (Phi) is 8.40. The number of ether oxygens (including phenoxy) is 1. The number of rotatable bonds is 6. The second-order valence-electron chi connectivity index (χ2n) is 5.87. The number of carbonyl (C=O) groups excluding carboxylic acids is 1. The third-order valence-electron chi connectivity index (χ3n) is 2.59. The van der Waals surface area contributed by atoms with Gasteiger partial charge in [-0.25, -0.2) is 4.79 Å². The highest BCUT2D eigenvalue weighted by Crippen LogP contribution is 2.19. The van der Waals surface area contributed by atoms with Crippen LogP contribution in [0.25, 0.3) is 0 Å². The Bertz CT molecular complexity index is 526. The van der Waals surface area contributed by atoms with E-state index in [2.05, 4.69) is 48.3 Å². The Hall–Kier alpha value is -1.28. The Labute approximate surface area is 150 Å². The van der Waals surface area contributed by atoms with E-state index >= 15 is 0 Å². The predicted octanol–water partition coefficient (Wildman–Crippen LogP) is 3.09. The normalized spacial score (nSPS) is 12.0. The van der Waals surface area contributed by atoms with Crippen molar-refractivity contribution in [2.45, 2.75) is 39.3 Å². The molecule has 1 amide bonds. The van der Waals surface area contributed by atoms with Crippen molar-refractivity contribution >= 4 is 39.3 Å². The topological polar surface area (TPSA) is 74.8 Å². The van der Waals surface area contributed by atoms with Gasteiger partial charge in [0.15, 0.2) is 5.96 Å². The lowest BCUT2D eigenvalue weighted by Gasteiger charge is -2.19. The van der Waals surface area contributed by atoms with Crippen molar-refractivity contribution in [3.63, 3.8) is 0 Å². The van der Waals surface area contributed by atoms with Gasteiger partial charge in [-0.1, -0.05) is 0 Å². The average Bonchev–Trinajstić information content (AvgIpc) is 2.85. The van der Waals surface area contributed by atoms with Crippen LogP contribution in [-0.4, -0.2) is 37.8 Å². The number of hydrogen-bond acceptors (Lipinski definition) is 4. The van der Waals surface area contributed by atoms with Crippen LogP contribution in [0.4, 0.5) is 4.79 Å². The van der Waals surface area contributed by atoms with Crippen LogP contribution >= 0.6 is 27.3 Å². The van der Waals surface area contributed by atoms with Gasteiger partial charge in [0.1, 0.15) is 5.60 Å². The first-order valence-corrected chi connectivity index (χ1v) is 9.11. The maximum Gasteiger partial charge on any atom is 0.407 e. The maximum atomic E-state index is 11.5. The molecule has 3 N–H and O–H groups in total. The molecule has 1 heterocycles. The molecule has 1 rings (SSSR count). The van der Waals surface area contributed by atoms with Gasteiger partial charge < -0.3 is 20.7 Å². The zero-order valence-corrected chi connectivity index (χ0v) is 16.4. The minimum Gasteiger partial charge on any atom is -0.444 e. The van der Waals surface area contributed by atoms with Gasteiger partial charge in [-0.3, -0.25) is 4.99 Å². The summed E-state index contributed by atoms with van der Waals surface area (Å²) in [6.45, 7) is 7.52. The minimum absolute atomic E-state index is 0.386. The fourth-order valence-electron chi connectivity index (χ4n) is 1.64. The summed E-state index contributed by atoms with van der Waals surface area (Å²) in [5.41, 5.74) is -0.467. The molecule has 0 saturated heterocycles. The molecule has 0 atom stereocenters. The zero-order valence-electron chi connectivity index (χ0n) is 14.0. The Morgan fingerprint density at radius 3 is 2.57 bits per heavy atom. The number of guanidine groups is 1.